The first-order chi connectivity index (χ1) is 14.1. The molecule has 5 heteroatoms. The number of aromatic carboxylic acids is 1. The topological polar surface area (TPSA) is 54.3 Å². The third kappa shape index (κ3) is 4.05. The predicted octanol–water partition coefficient (Wildman–Crippen LogP) is 4.82. The molecule has 0 aliphatic heterocycles. The van der Waals surface area contributed by atoms with Crippen LogP contribution in [0.3, 0.4) is 0 Å². The van der Waals surface area contributed by atoms with E-state index in [-0.39, 0.29) is 11.5 Å². The van der Waals surface area contributed by atoms with Crippen LogP contribution < -0.4 is 5.32 Å². The molecule has 146 valence electrons. The lowest BCUT2D eigenvalue weighted by Gasteiger charge is -2.10. The number of rotatable bonds is 7. The molecule has 4 nitrogen and oxygen atoms in total. The number of nitrogens with zero attached hydrogens (tertiary/aromatic N) is 1. The molecule has 0 aliphatic carbocycles. The maximum atomic E-state index is 13.4. The summed E-state index contributed by atoms with van der Waals surface area (Å²) < 4.78 is 15.3. The lowest BCUT2D eigenvalue weighted by atomic mass is 10.1. The number of carboxylic acids is 1. The van der Waals surface area contributed by atoms with Crippen molar-refractivity contribution in [3.63, 3.8) is 0 Å². The molecule has 29 heavy (non-hydrogen) atoms. The molecule has 0 unspecified atom stereocenters. The molecule has 0 bridgehead atoms. The van der Waals surface area contributed by atoms with E-state index in [0.29, 0.717) is 19.6 Å². The van der Waals surface area contributed by atoms with Gasteiger partial charge in [0.2, 0.25) is 0 Å². The highest BCUT2D eigenvalue weighted by molar-refractivity contribution is 5.98. The predicted molar refractivity (Wildman–Crippen MR) is 111 cm³/mol. The number of aromatic nitrogens is 1. The summed E-state index contributed by atoms with van der Waals surface area (Å²) >= 11 is 0. The number of carbonyl (C=O) groups is 1. The van der Waals surface area contributed by atoms with Crippen LogP contribution in [0.2, 0.25) is 0 Å². The van der Waals surface area contributed by atoms with Crippen molar-refractivity contribution >= 4 is 16.9 Å². The van der Waals surface area contributed by atoms with Crippen LogP contribution in [0, 0.1) is 5.82 Å². The summed E-state index contributed by atoms with van der Waals surface area (Å²) in [5, 5.41) is 14.2. The summed E-state index contributed by atoms with van der Waals surface area (Å²) in [7, 11) is 0. The fourth-order valence-corrected chi connectivity index (χ4v) is 3.71. The number of hydrogen-bond acceptors (Lipinski definition) is 2. The quantitative estimate of drug-likeness (QED) is 0.477. The lowest BCUT2D eigenvalue weighted by Crippen LogP contribution is -2.17. The van der Waals surface area contributed by atoms with Gasteiger partial charge in [0, 0.05) is 36.1 Å². The molecule has 3 aromatic carbocycles. The van der Waals surface area contributed by atoms with Gasteiger partial charge in [-0.15, -0.1) is 0 Å². The Labute approximate surface area is 168 Å². The van der Waals surface area contributed by atoms with E-state index in [1.54, 1.807) is 6.07 Å². The van der Waals surface area contributed by atoms with E-state index in [0.717, 1.165) is 27.6 Å². The minimum absolute atomic E-state index is 0.279. The van der Waals surface area contributed by atoms with Crippen molar-refractivity contribution in [2.45, 2.75) is 19.6 Å². The normalized spacial score (nSPS) is 11.1. The van der Waals surface area contributed by atoms with Gasteiger partial charge in [-0.05, 0) is 29.3 Å². The highest BCUT2D eigenvalue weighted by Crippen LogP contribution is 2.27. The smallest absolute Gasteiger partial charge is 0.352 e. The number of fused-ring (bicyclic) bond motifs is 1. The number of hydrogen-bond donors (Lipinski definition) is 2. The average Bonchev–Trinajstić information content (AvgIpc) is 3.03. The standard InChI is InChI=1S/C24H21FN2O2/c25-19-10-6-9-18(13-19)14-26-15-21-20-11-4-5-12-22(20)27(23(21)24(28)29)16-17-7-2-1-3-8-17/h1-13,26H,14-16H2,(H,28,29). The maximum Gasteiger partial charge on any atom is 0.352 e. The zero-order chi connectivity index (χ0) is 20.2. The van der Waals surface area contributed by atoms with Gasteiger partial charge in [0.1, 0.15) is 11.5 Å². The fourth-order valence-electron chi connectivity index (χ4n) is 3.71. The highest BCUT2D eigenvalue weighted by atomic mass is 19.1. The van der Waals surface area contributed by atoms with Gasteiger partial charge in [-0.3, -0.25) is 0 Å². The van der Waals surface area contributed by atoms with Gasteiger partial charge in [0.15, 0.2) is 0 Å². The molecule has 0 aliphatic rings. The Morgan fingerprint density at radius 1 is 0.897 bits per heavy atom. The van der Waals surface area contributed by atoms with E-state index < -0.39 is 5.97 Å². The molecular formula is C24H21FN2O2. The van der Waals surface area contributed by atoms with Crippen molar-refractivity contribution < 1.29 is 14.3 Å². The number of nitrogens with one attached hydrogen (secondary N) is 1. The van der Waals surface area contributed by atoms with Crippen LogP contribution in [0.5, 0.6) is 0 Å². The number of benzene rings is 3. The molecule has 4 aromatic rings. The van der Waals surface area contributed by atoms with Crippen LogP contribution in [0.1, 0.15) is 27.2 Å². The second-order valence-corrected chi connectivity index (χ2v) is 6.95. The van der Waals surface area contributed by atoms with Gasteiger partial charge in [-0.1, -0.05) is 60.7 Å². The lowest BCUT2D eigenvalue weighted by molar-refractivity contribution is 0.0685. The Balaban J connectivity index is 1.69. The molecule has 1 heterocycles. The van der Waals surface area contributed by atoms with Crippen LogP contribution in [0.15, 0.2) is 78.9 Å². The van der Waals surface area contributed by atoms with Gasteiger partial charge in [-0.25, -0.2) is 9.18 Å². The summed E-state index contributed by atoms with van der Waals surface area (Å²) in [4.78, 5) is 12.2. The van der Waals surface area contributed by atoms with E-state index in [1.807, 2.05) is 65.2 Å². The van der Waals surface area contributed by atoms with Crippen molar-refractivity contribution in [3.8, 4) is 0 Å². The van der Waals surface area contributed by atoms with E-state index in [9.17, 15) is 14.3 Å². The minimum Gasteiger partial charge on any atom is -0.477 e. The number of carboxylic acid groups (broad SMARTS) is 1. The first-order valence-corrected chi connectivity index (χ1v) is 9.46. The molecular weight excluding hydrogens is 367 g/mol. The maximum absolute atomic E-state index is 13.4. The van der Waals surface area contributed by atoms with E-state index in [4.69, 9.17) is 0 Å². The Bertz CT molecular complexity index is 1150. The number of halogens is 1. The molecule has 2 N–H and O–H groups in total. The Hall–Kier alpha value is -3.44. The number of para-hydroxylation sites is 1. The summed E-state index contributed by atoms with van der Waals surface area (Å²) in [5.74, 6) is -1.24. The van der Waals surface area contributed by atoms with Crippen molar-refractivity contribution in [2.24, 2.45) is 0 Å². The summed E-state index contributed by atoms with van der Waals surface area (Å²) in [6, 6.07) is 23.9. The third-order valence-corrected chi connectivity index (χ3v) is 4.98. The van der Waals surface area contributed by atoms with Crippen molar-refractivity contribution in [2.75, 3.05) is 0 Å². The first kappa shape index (κ1) is 18.9. The van der Waals surface area contributed by atoms with Gasteiger partial charge in [0.25, 0.3) is 0 Å². The molecule has 0 saturated heterocycles. The Morgan fingerprint density at radius 3 is 2.38 bits per heavy atom. The molecule has 0 fully saturated rings. The average molecular weight is 388 g/mol. The summed E-state index contributed by atoms with van der Waals surface area (Å²) in [6.07, 6.45) is 0. The van der Waals surface area contributed by atoms with Gasteiger partial charge in [0.05, 0.1) is 0 Å². The summed E-state index contributed by atoms with van der Waals surface area (Å²) in [5.41, 5.74) is 3.75. The Kier molecular flexibility index (Phi) is 5.40. The molecule has 0 amide bonds. The van der Waals surface area contributed by atoms with Gasteiger partial charge < -0.3 is 15.0 Å². The molecule has 1 aromatic heterocycles. The monoisotopic (exact) mass is 388 g/mol. The van der Waals surface area contributed by atoms with Crippen LogP contribution in [0.25, 0.3) is 10.9 Å². The second kappa shape index (κ2) is 8.29. The van der Waals surface area contributed by atoms with Crippen molar-refractivity contribution in [3.05, 3.63) is 107 Å². The molecule has 0 atom stereocenters. The summed E-state index contributed by atoms with van der Waals surface area (Å²) in [6.45, 7) is 1.31. The SMILES string of the molecule is O=C(O)c1c(CNCc2cccc(F)c2)c2ccccc2n1Cc1ccccc1. The largest absolute Gasteiger partial charge is 0.477 e. The zero-order valence-corrected chi connectivity index (χ0v) is 15.8. The third-order valence-electron chi connectivity index (χ3n) is 4.98. The van der Waals surface area contributed by atoms with Gasteiger partial charge >= 0.3 is 5.97 Å². The highest BCUT2D eigenvalue weighted by Gasteiger charge is 2.22. The Morgan fingerprint density at radius 2 is 1.62 bits per heavy atom. The van der Waals surface area contributed by atoms with Crippen LogP contribution >= 0.6 is 0 Å². The zero-order valence-electron chi connectivity index (χ0n) is 15.8. The van der Waals surface area contributed by atoms with E-state index >= 15 is 0 Å². The van der Waals surface area contributed by atoms with Crippen molar-refractivity contribution in [1.29, 1.82) is 0 Å². The fraction of sp³-hybridized carbons (Fsp3) is 0.125. The molecule has 0 saturated carbocycles. The molecule has 0 spiro atoms. The van der Waals surface area contributed by atoms with Crippen LogP contribution in [-0.2, 0) is 19.6 Å². The molecule has 0 radical (unpaired) electrons. The van der Waals surface area contributed by atoms with Gasteiger partial charge in [-0.2, -0.15) is 0 Å². The first-order valence-electron chi connectivity index (χ1n) is 9.46. The van der Waals surface area contributed by atoms with Crippen LogP contribution in [0.4, 0.5) is 4.39 Å². The molecule has 4 rings (SSSR count). The van der Waals surface area contributed by atoms with E-state index in [2.05, 4.69) is 5.32 Å². The second-order valence-electron chi connectivity index (χ2n) is 6.95. The van der Waals surface area contributed by atoms with Crippen LogP contribution in [-0.4, -0.2) is 15.6 Å². The minimum atomic E-state index is -0.959. The van der Waals surface area contributed by atoms with E-state index in [1.165, 1.54) is 12.1 Å². The van der Waals surface area contributed by atoms with Crippen molar-refractivity contribution in [1.82, 2.24) is 9.88 Å².